The summed E-state index contributed by atoms with van der Waals surface area (Å²) in [6.07, 6.45) is 6.59. The van der Waals surface area contributed by atoms with E-state index in [2.05, 4.69) is 43.1 Å². The highest BCUT2D eigenvalue weighted by molar-refractivity contribution is 7.60. The standard InChI is InChI=1S/C13H13OP/c1-15-13-9-5-3-7-11(13)10-6-2-4-8-12(10)14-15/h3-5,7-9H,2,6H2,1H3. The number of hydrogen-bond acceptors (Lipinski definition) is 1. The van der Waals surface area contributed by atoms with Crippen LogP contribution in [-0.2, 0) is 4.52 Å². The molecule has 1 aliphatic carbocycles. The minimum absolute atomic E-state index is 0.460. The number of benzene rings is 1. The molecule has 15 heavy (non-hydrogen) atoms. The Labute approximate surface area is 91.3 Å². The summed E-state index contributed by atoms with van der Waals surface area (Å²) in [6.45, 7) is 2.18. The molecule has 0 saturated heterocycles. The number of fused-ring (bicyclic) bond motifs is 2. The molecule has 0 saturated carbocycles. The van der Waals surface area contributed by atoms with Gasteiger partial charge in [-0.15, -0.1) is 0 Å². The molecule has 0 spiro atoms. The van der Waals surface area contributed by atoms with Crippen LogP contribution in [-0.4, -0.2) is 6.66 Å². The second-order valence-corrected chi connectivity index (χ2v) is 5.55. The fourth-order valence-corrected chi connectivity index (χ4v) is 3.60. The topological polar surface area (TPSA) is 9.23 Å². The first-order valence-corrected chi connectivity index (χ1v) is 6.98. The average molecular weight is 216 g/mol. The molecular weight excluding hydrogens is 203 g/mol. The molecule has 0 fully saturated rings. The van der Waals surface area contributed by atoms with Crippen LogP contribution >= 0.6 is 8.15 Å². The normalized spacial score (nSPS) is 23.1. The Kier molecular flexibility index (Phi) is 2.14. The number of allylic oxidation sites excluding steroid dienone is 3. The summed E-state index contributed by atoms with van der Waals surface area (Å²) >= 11 is 0. The quantitative estimate of drug-likeness (QED) is 0.604. The monoisotopic (exact) mass is 216 g/mol. The van der Waals surface area contributed by atoms with Crippen LogP contribution in [0, 0.1) is 0 Å². The van der Waals surface area contributed by atoms with Crippen molar-refractivity contribution in [3.05, 3.63) is 47.7 Å². The van der Waals surface area contributed by atoms with Gasteiger partial charge in [0.2, 0.25) is 0 Å². The molecule has 1 nitrogen and oxygen atoms in total. The molecule has 1 atom stereocenters. The average Bonchev–Trinajstić information content (AvgIpc) is 2.30. The Morgan fingerprint density at radius 1 is 1.27 bits per heavy atom. The van der Waals surface area contributed by atoms with Crippen LogP contribution in [0.2, 0.25) is 0 Å². The molecule has 1 unspecified atom stereocenters. The molecule has 0 amide bonds. The maximum Gasteiger partial charge on any atom is 0.127 e. The van der Waals surface area contributed by atoms with Crippen LogP contribution in [0.5, 0.6) is 0 Å². The van der Waals surface area contributed by atoms with Gasteiger partial charge in [-0.2, -0.15) is 0 Å². The summed E-state index contributed by atoms with van der Waals surface area (Å²) in [7, 11) is -0.460. The van der Waals surface area contributed by atoms with Crippen molar-refractivity contribution < 1.29 is 4.52 Å². The van der Waals surface area contributed by atoms with Crippen molar-refractivity contribution in [3.63, 3.8) is 0 Å². The Bertz CT molecular complexity index is 459. The number of rotatable bonds is 0. The first kappa shape index (κ1) is 9.18. The van der Waals surface area contributed by atoms with Crippen LogP contribution < -0.4 is 5.30 Å². The van der Waals surface area contributed by atoms with Crippen molar-refractivity contribution in [3.8, 4) is 0 Å². The summed E-state index contributed by atoms with van der Waals surface area (Å²) in [5.74, 6) is 1.11. The predicted molar refractivity (Wildman–Crippen MR) is 65.3 cm³/mol. The molecule has 3 rings (SSSR count). The first-order valence-electron chi connectivity index (χ1n) is 5.27. The van der Waals surface area contributed by atoms with E-state index in [-0.39, 0.29) is 0 Å². The van der Waals surface area contributed by atoms with E-state index in [1.807, 2.05) is 0 Å². The van der Waals surface area contributed by atoms with Gasteiger partial charge in [0, 0.05) is 10.9 Å². The maximum atomic E-state index is 5.97. The lowest BCUT2D eigenvalue weighted by Gasteiger charge is -2.28. The van der Waals surface area contributed by atoms with Gasteiger partial charge >= 0.3 is 0 Å². The van der Waals surface area contributed by atoms with E-state index in [9.17, 15) is 0 Å². The molecule has 0 bridgehead atoms. The zero-order valence-corrected chi connectivity index (χ0v) is 9.63. The lowest BCUT2D eigenvalue weighted by Crippen LogP contribution is -2.15. The highest BCUT2D eigenvalue weighted by atomic mass is 31.1. The van der Waals surface area contributed by atoms with Crippen LogP contribution in [0.3, 0.4) is 0 Å². The van der Waals surface area contributed by atoms with E-state index >= 15 is 0 Å². The second-order valence-electron chi connectivity index (χ2n) is 3.89. The van der Waals surface area contributed by atoms with Gasteiger partial charge in [0.1, 0.15) is 13.9 Å². The lowest BCUT2D eigenvalue weighted by molar-refractivity contribution is 0.497. The second kappa shape index (κ2) is 3.50. The minimum atomic E-state index is -0.460. The van der Waals surface area contributed by atoms with Crippen LogP contribution in [0.1, 0.15) is 18.4 Å². The molecule has 0 radical (unpaired) electrons. The van der Waals surface area contributed by atoms with E-state index in [1.54, 1.807) is 0 Å². The van der Waals surface area contributed by atoms with Crippen molar-refractivity contribution in [2.24, 2.45) is 0 Å². The van der Waals surface area contributed by atoms with E-state index in [1.165, 1.54) is 16.4 Å². The Morgan fingerprint density at radius 3 is 3.07 bits per heavy atom. The van der Waals surface area contributed by atoms with Crippen molar-refractivity contribution in [2.75, 3.05) is 6.66 Å². The largest absolute Gasteiger partial charge is 0.469 e. The molecule has 1 aliphatic heterocycles. The fraction of sp³-hybridized carbons (Fsp3) is 0.231. The summed E-state index contributed by atoms with van der Waals surface area (Å²) in [6, 6.07) is 8.65. The molecular formula is C13H13OP. The van der Waals surface area contributed by atoms with E-state index in [0.717, 1.165) is 18.6 Å². The van der Waals surface area contributed by atoms with Gasteiger partial charge in [-0.25, -0.2) is 0 Å². The third-order valence-electron chi connectivity index (χ3n) is 2.93. The first-order chi connectivity index (χ1) is 7.36. The third-order valence-corrected chi connectivity index (χ3v) is 4.47. The van der Waals surface area contributed by atoms with Gasteiger partial charge in [0.05, 0.1) is 0 Å². The molecule has 2 heteroatoms. The van der Waals surface area contributed by atoms with Crippen molar-refractivity contribution in [1.29, 1.82) is 0 Å². The highest BCUT2D eigenvalue weighted by Gasteiger charge is 2.24. The lowest BCUT2D eigenvalue weighted by atomic mass is 9.96. The van der Waals surface area contributed by atoms with Crippen molar-refractivity contribution >= 4 is 19.0 Å². The predicted octanol–water partition coefficient (Wildman–Crippen LogP) is 3.43. The zero-order chi connectivity index (χ0) is 10.3. The van der Waals surface area contributed by atoms with Crippen LogP contribution in [0.15, 0.2) is 42.2 Å². The fourth-order valence-electron chi connectivity index (χ4n) is 2.19. The van der Waals surface area contributed by atoms with Gasteiger partial charge in [0.15, 0.2) is 0 Å². The van der Waals surface area contributed by atoms with Crippen LogP contribution in [0.25, 0.3) is 5.57 Å². The minimum Gasteiger partial charge on any atom is -0.469 e. The summed E-state index contributed by atoms with van der Waals surface area (Å²) in [5.41, 5.74) is 2.81. The van der Waals surface area contributed by atoms with E-state index in [0.29, 0.717) is 0 Å². The SMILES string of the molecule is CP1OC2=C(CCC=C2)c2ccccc21. The molecule has 1 heterocycles. The van der Waals surface area contributed by atoms with Crippen molar-refractivity contribution in [1.82, 2.24) is 0 Å². The summed E-state index contributed by atoms with van der Waals surface area (Å²) < 4.78 is 5.97. The zero-order valence-electron chi connectivity index (χ0n) is 8.73. The highest BCUT2D eigenvalue weighted by Crippen LogP contribution is 2.45. The maximum absolute atomic E-state index is 5.97. The molecule has 1 aromatic rings. The summed E-state index contributed by atoms with van der Waals surface area (Å²) in [5, 5.41) is 1.39. The summed E-state index contributed by atoms with van der Waals surface area (Å²) in [4.78, 5) is 0. The smallest absolute Gasteiger partial charge is 0.127 e. The molecule has 1 aromatic carbocycles. The Balaban J connectivity index is 2.20. The van der Waals surface area contributed by atoms with Gasteiger partial charge in [-0.05, 0) is 31.1 Å². The van der Waals surface area contributed by atoms with E-state index < -0.39 is 8.15 Å². The van der Waals surface area contributed by atoms with Crippen LogP contribution in [0.4, 0.5) is 0 Å². The van der Waals surface area contributed by atoms with Gasteiger partial charge in [0.25, 0.3) is 0 Å². The van der Waals surface area contributed by atoms with Gasteiger partial charge < -0.3 is 4.52 Å². The Morgan fingerprint density at radius 2 is 2.13 bits per heavy atom. The number of hydrogen-bond donors (Lipinski definition) is 0. The molecule has 0 N–H and O–H groups in total. The van der Waals surface area contributed by atoms with E-state index in [4.69, 9.17) is 4.52 Å². The molecule has 76 valence electrons. The van der Waals surface area contributed by atoms with Crippen molar-refractivity contribution in [2.45, 2.75) is 12.8 Å². The van der Waals surface area contributed by atoms with Gasteiger partial charge in [-0.3, -0.25) is 0 Å². The third kappa shape index (κ3) is 1.42. The Hall–Kier alpha value is -1.07. The molecule has 0 aromatic heterocycles. The van der Waals surface area contributed by atoms with Gasteiger partial charge in [-0.1, -0.05) is 30.3 Å². The molecule has 2 aliphatic rings.